The number of aryl methyl sites for hydroxylation is 1. The van der Waals surface area contributed by atoms with Crippen LogP contribution in [0.3, 0.4) is 0 Å². The van der Waals surface area contributed by atoms with E-state index in [9.17, 15) is 5.26 Å². The Bertz CT molecular complexity index is 1430. The van der Waals surface area contributed by atoms with Crippen molar-refractivity contribution in [1.82, 2.24) is 19.5 Å². The number of aromatic nitrogens is 4. The summed E-state index contributed by atoms with van der Waals surface area (Å²) in [6.07, 6.45) is 8.83. The maximum Gasteiger partial charge on any atom is 0.0996 e. The van der Waals surface area contributed by atoms with Crippen LogP contribution in [0.5, 0.6) is 0 Å². The fraction of sp³-hybridized carbons (Fsp3) is 0.0833. The van der Waals surface area contributed by atoms with Gasteiger partial charge in [0.1, 0.15) is 0 Å². The number of nitrogens with zero attached hydrogens (tertiary/aromatic N) is 5. The van der Waals surface area contributed by atoms with E-state index in [2.05, 4.69) is 67.4 Å². The highest BCUT2D eigenvalue weighted by atomic mass is 14.9. The summed E-state index contributed by atoms with van der Waals surface area (Å²) in [5.41, 5.74) is 7.32. The average molecular weight is 390 g/mol. The quantitative estimate of drug-likeness (QED) is 0.482. The van der Waals surface area contributed by atoms with Gasteiger partial charge in [-0.2, -0.15) is 5.26 Å². The van der Waals surface area contributed by atoms with Crippen LogP contribution < -0.4 is 5.32 Å². The van der Waals surface area contributed by atoms with Gasteiger partial charge < -0.3 is 9.88 Å². The first-order valence-electron chi connectivity index (χ1n) is 9.60. The van der Waals surface area contributed by atoms with Crippen molar-refractivity contribution in [2.24, 2.45) is 7.05 Å². The predicted octanol–water partition coefficient (Wildman–Crippen LogP) is 4.67. The van der Waals surface area contributed by atoms with E-state index >= 15 is 0 Å². The van der Waals surface area contributed by atoms with Crippen molar-refractivity contribution >= 4 is 27.6 Å². The zero-order chi connectivity index (χ0) is 20.5. The van der Waals surface area contributed by atoms with Crippen LogP contribution in [0.15, 0.2) is 73.4 Å². The van der Waals surface area contributed by atoms with Crippen LogP contribution in [0.2, 0.25) is 0 Å². The fourth-order valence-corrected chi connectivity index (χ4v) is 3.70. The molecule has 0 spiro atoms. The Hall–Kier alpha value is -4.24. The number of rotatable bonds is 4. The van der Waals surface area contributed by atoms with E-state index in [1.807, 2.05) is 13.1 Å². The highest BCUT2D eigenvalue weighted by molar-refractivity contribution is 5.97. The predicted molar refractivity (Wildman–Crippen MR) is 118 cm³/mol. The molecule has 0 radical (unpaired) electrons. The average Bonchev–Trinajstić information content (AvgIpc) is 3.17. The smallest absolute Gasteiger partial charge is 0.0996 e. The van der Waals surface area contributed by atoms with Gasteiger partial charge in [-0.25, -0.2) is 0 Å². The molecule has 30 heavy (non-hydrogen) atoms. The second kappa shape index (κ2) is 7.30. The lowest BCUT2D eigenvalue weighted by atomic mass is 10.0. The molecule has 3 aromatic heterocycles. The summed E-state index contributed by atoms with van der Waals surface area (Å²) in [6, 6.07) is 16.5. The van der Waals surface area contributed by atoms with Gasteiger partial charge in [0, 0.05) is 66.9 Å². The van der Waals surface area contributed by atoms with E-state index in [-0.39, 0.29) is 0 Å². The summed E-state index contributed by atoms with van der Waals surface area (Å²) in [5, 5.41) is 13.9. The molecule has 5 rings (SSSR count). The summed E-state index contributed by atoms with van der Waals surface area (Å²) in [4.78, 5) is 13.2. The molecule has 6 nitrogen and oxygen atoms in total. The molecule has 5 aromatic rings. The van der Waals surface area contributed by atoms with Crippen molar-refractivity contribution in [3.05, 3.63) is 84.6 Å². The van der Waals surface area contributed by atoms with E-state index in [1.165, 1.54) is 5.39 Å². The number of nitrogens with one attached hydrogen (secondary N) is 1. The van der Waals surface area contributed by atoms with Crippen LogP contribution in [0, 0.1) is 11.3 Å². The number of hydrogen-bond donors (Lipinski definition) is 1. The van der Waals surface area contributed by atoms with Gasteiger partial charge in [-0.3, -0.25) is 15.0 Å². The van der Waals surface area contributed by atoms with Crippen LogP contribution in [-0.4, -0.2) is 19.5 Å². The Labute approximate surface area is 173 Å². The van der Waals surface area contributed by atoms with Gasteiger partial charge in [-0.05, 0) is 41.3 Å². The molecule has 0 bridgehead atoms. The number of hydrogen-bond acceptors (Lipinski definition) is 5. The standard InChI is InChI=1S/C24H18N6/c1-30-9-5-16-2-3-17(10-23(16)30)21-11-20(12-22-24(21)28-8-7-27-22)29-15-19-14-26-6-4-18(19)13-25/h2-12,14,29H,15H2,1H3. The second-order valence-electron chi connectivity index (χ2n) is 7.15. The number of pyridine rings is 1. The number of nitriles is 1. The Balaban J connectivity index is 1.59. The summed E-state index contributed by atoms with van der Waals surface area (Å²) >= 11 is 0. The Morgan fingerprint density at radius 2 is 1.93 bits per heavy atom. The number of benzene rings is 2. The molecule has 144 valence electrons. The first kappa shape index (κ1) is 17.8. The third kappa shape index (κ3) is 3.12. The monoisotopic (exact) mass is 390 g/mol. The Morgan fingerprint density at radius 1 is 1.03 bits per heavy atom. The van der Waals surface area contributed by atoms with E-state index in [0.717, 1.165) is 38.9 Å². The molecule has 2 aromatic carbocycles. The van der Waals surface area contributed by atoms with Gasteiger partial charge in [-0.15, -0.1) is 0 Å². The minimum atomic E-state index is 0.499. The van der Waals surface area contributed by atoms with Crippen molar-refractivity contribution in [2.45, 2.75) is 6.54 Å². The van der Waals surface area contributed by atoms with Crippen LogP contribution in [0.1, 0.15) is 11.1 Å². The van der Waals surface area contributed by atoms with Crippen LogP contribution in [0.25, 0.3) is 33.1 Å². The van der Waals surface area contributed by atoms with E-state index in [1.54, 1.807) is 30.9 Å². The van der Waals surface area contributed by atoms with E-state index in [4.69, 9.17) is 0 Å². The zero-order valence-electron chi connectivity index (χ0n) is 16.4. The molecular formula is C24H18N6. The molecule has 0 aliphatic carbocycles. The molecule has 0 aliphatic heterocycles. The lowest BCUT2D eigenvalue weighted by Crippen LogP contribution is -2.03. The summed E-state index contributed by atoms with van der Waals surface area (Å²) in [6.45, 7) is 0.499. The van der Waals surface area contributed by atoms with Crippen LogP contribution in [-0.2, 0) is 13.6 Å². The highest BCUT2D eigenvalue weighted by Gasteiger charge is 2.11. The largest absolute Gasteiger partial charge is 0.381 e. The number of anilines is 1. The maximum atomic E-state index is 9.32. The second-order valence-corrected chi connectivity index (χ2v) is 7.15. The van der Waals surface area contributed by atoms with Gasteiger partial charge >= 0.3 is 0 Å². The Morgan fingerprint density at radius 3 is 2.83 bits per heavy atom. The highest BCUT2D eigenvalue weighted by Crippen LogP contribution is 2.32. The fourth-order valence-electron chi connectivity index (χ4n) is 3.70. The molecule has 0 saturated carbocycles. The van der Waals surface area contributed by atoms with Gasteiger partial charge in [0.15, 0.2) is 0 Å². The van der Waals surface area contributed by atoms with Gasteiger partial charge in [0.2, 0.25) is 0 Å². The first-order valence-corrected chi connectivity index (χ1v) is 9.60. The molecular weight excluding hydrogens is 372 g/mol. The molecule has 0 aliphatic rings. The van der Waals surface area contributed by atoms with Crippen molar-refractivity contribution in [2.75, 3.05) is 5.32 Å². The third-order valence-corrected chi connectivity index (χ3v) is 5.28. The molecule has 0 saturated heterocycles. The topological polar surface area (TPSA) is 79.4 Å². The maximum absolute atomic E-state index is 9.32. The van der Waals surface area contributed by atoms with Gasteiger partial charge in [0.05, 0.1) is 22.7 Å². The van der Waals surface area contributed by atoms with Crippen molar-refractivity contribution in [3.63, 3.8) is 0 Å². The minimum absolute atomic E-state index is 0.499. The SMILES string of the molecule is Cn1ccc2ccc(-c3cc(NCc4cnccc4C#N)cc4nccnc34)cc21. The summed E-state index contributed by atoms with van der Waals surface area (Å²) in [5.74, 6) is 0. The molecule has 1 N–H and O–H groups in total. The summed E-state index contributed by atoms with van der Waals surface area (Å²) < 4.78 is 2.11. The molecule has 0 atom stereocenters. The first-order chi connectivity index (χ1) is 14.7. The van der Waals surface area contributed by atoms with Crippen molar-refractivity contribution < 1.29 is 0 Å². The molecule has 6 heteroatoms. The van der Waals surface area contributed by atoms with E-state index in [0.29, 0.717) is 12.1 Å². The molecule has 0 unspecified atom stereocenters. The Kier molecular flexibility index (Phi) is 4.34. The number of fused-ring (bicyclic) bond motifs is 2. The van der Waals surface area contributed by atoms with Gasteiger partial charge in [-0.1, -0.05) is 12.1 Å². The van der Waals surface area contributed by atoms with Crippen LogP contribution >= 0.6 is 0 Å². The van der Waals surface area contributed by atoms with Crippen molar-refractivity contribution in [3.8, 4) is 17.2 Å². The molecule has 3 heterocycles. The summed E-state index contributed by atoms with van der Waals surface area (Å²) in [7, 11) is 2.04. The normalized spacial score (nSPS) is 10.9. The lowest BCUT2D eigenvalue weighted by Gasteiger charge is -2.12. The minimum Gasteiger partial charge on any atom is -0.381 e. The van der Waals surface area contributed by atoms with E-state index < -0.39 is 0 Å². The van der Waals surface area contributed by atoms with Crippen molar-refractivity contribution in [1.29, 1.82) is 5.26 Å². The molecule has 0 amide bonds. The van der Waals surface area contributed by atoms with Gasteiger partial charge in [0.25, 0.3) is 0 Å². The zero-order valence-corrected chi connectivity index (χ0v) is 16.4. The lowest BCUT2D eigenvalue weighted by molar-refractivity contribution is 0.969. The molecule has 0 fully saturated rings. The van der Waals surface area contributed by atoms with Crippen LogP contribution in [0.4, 0.5) is 5.69 Å². The third-order valence-electron chi connectivity index (χ3n) is 5.28.